The van der Waals surface area contributed by atoms with E-state index in [9.17, 15) is 4.79 Å². The van der Waals surface area contributed by atoms with Gasteiger partial charge in [-0.3, -0.25) is 5.32 Å². The van der Waals surface area contributed by atoms with E-state index in [0.717, 1.165) is 25.1 Å². The zero-order valence-electron chi connectivity index (χ0n) is 12.5. The molecule has 2 aromatic heterocycles. The Morgan fingerprint density at radius 3 is 3.14 bits per heavy atom. The summed E-state index contributed by atoms with van der Waals surface area (Å²) in [6.45, 7) is 3.16. The standard InChI is InChI=1S/C15H19N5O2/c1-11-9-14(20(19-11)13-6-2-3-7-16-13)18-15(21)17-10-12-5-4-8-22-12/h2-3,6-7,9,12H,4-5,8,10H2,1H3,(H2,17,18,21). The first kappa shape index (κ1) is 14.5. The summed E-state index contributed by atoms with van der Waals surface area (Å²) in [5.74, 6) is 1.24. The van der Waals surface area contributed by atoms with Crippen LogP contribution in [0.1, 0.15) is 18.5 Å². The topological polar surface area (TPSA) is 81.1 Å². The maximum Gasteiger partial charge on any atom is 0.320 e. The average Bonchev–Trinajstić information content (AvgIpc) is 3.16. The van der Waals surface area contributed by atoms with Crippen LogP contribution < -0.4 is 10.6 Å². The first-order chi connectivity index (χ1) is 10.7. The number of carbonyl (C=O) groups excluding carboxylic acids is 1. The number of pyridine rings is 1. The highest BCUT2D eigenvalue weighted by Gasteiger charge is 2.17. The van der Waals surface area contributed by atoms with E-state index in [0.29, 0.717) is 18.2 Å². The molecule has 2 N–H and O–H groups in total. The predicted octanol–water partition coefficient (Wildman–Crippen LogP) is 1.88. The third-order valence-electron chi connectivity index (χ3n) is 3.45. The highest BCUT2D eigenvalue weighted by molar-refractivity contribution is 5.88. The van der Waals surface area contributed by atoms with Gasteiger partial charge < -0.3 is 10.1 Å². The minimum atomic E-state index is -0.271. The fourth-order valence-electron chi connectivity index (χ4n) is 2.41. The molecule has 1 saturated heterocycles. The van der Waals surface area contributed by atoms with Crippen molar-refractivity contribution >= 4 is 11.8 Å². The first-order valence-corrected chi connectivity index (χ1v) is 7.37. The highest BCUT2D eigenvalue weighted by Crippen LogP contribution is 2.15. The van der Waals surface area contributed by atoms with Crippen molar-refractivity contribution in [2.75, 3.05) is 18.5 Å². The zero-order valence-corrected chi connectivity index (χ0v) is 12.5. The molecular formula is C15H19N5O2. The summed E-state index contributed by atoms with van der Waals surface area (Å²) in [6, 6.07) is 7.08. The molecule has 2 aromatic rings. The monoisotopic (exact) mass is 301 g/mol. The van der Waals surface area contributed by atoms with E-state index >= 15 is 0 Å². The van der Waals surface area contributed by atoms with Crippen molar-refractivity contribution < 1.29 is 9.53 Å². The number of anilines is 1. The lowest BCUT2D eigenvalue weighted by atomic mass is 10.2. The molecule has 1 fully saturated rings. The number of nitrogens with zero attached hydrogens (tertiary/aromatic N) is 3. The van der Waals surface area contributed by atoms with Crippen LogP contribution in [0.4, 0.5) is 10.6 Å². The SMILES string of the molecule is Cc1cc(NC(=O)NCC2CCCO2)n(-c2ccccn2)n1. The Morgan fingerprint density at radius 1 is 1.50 bits per heavy atom. The molecule has 1 aliphatic rings. The zero-order chi connectivity index (χ0) is 15.4. The van der Waals surface area contributed by atoms with E-state index in [1.807, 2.05) is 25.1 Å². The molecule has 1 atom stereocenters. The number of hydrogen-bond donors (Lipinski definition) is 2. The van der Waals surface area contributed by atoms with Crippen LogP contribution in [-0.2, 0) is 4.74 Å². The van der Waals surface area contributed by atoms with Gasteiger partial charge in [0.1, 0.15) is 5.82 Å². The minimum Gasteiger partial charge on any atom is -0.376 e. The van der Waals surface area contributed by atoms with E-state index in [1.54, 1.807) is 16.9 Å². The van der Waals surface area contributed by atoms with Crippen LogP contribution in [0, 0.1) is 6.92 Å². The van der Waals surface area contributed by atoms with E-state index in [1.165, 1.54) is 0 Å². The molecule has 0 radical (unpaired) electrons. The van der Waals surface area contributed by atoms with Gasteiger partial charge in [-0.15, -0.1) is 0 Å². The molecule has 22 heavy (non-hydrogen) atoms. The molecule has 3 rings (SSSR count). The molecule has 116 valence electrons. The van der Waals surface area contributed by atoms with E-state index in [2.05, 4.69) is 20.7 Å². The summed E-state index contributed by atoms with van der Waals surface area (Å²) in [4.78, 5) is 16.3. The maximum atomic E-state index is 12.0. The third-order valence-corrected chi connectivity index (χ3v) is 3.45. The summed E-state index contributed by atoms with van der Waals surface area (Å²) in [6.07, 6.45) is 3.85. The van der Waals surface area contributed by atoms with Gasteiger partial charge in [-0.05, 0) is 31.9 Å². The lowest BCUT2D eigenvalue weighted by Crippen LogP contribution is -2.35. The Morgan fingerprint density at radius 2 is 2.41 bits per heavy atom. The van der Waals surface area contributed by atoms with Crippen LogP contribution in [0.3, 0.4) is 0 Å². The molecule has 0 saturated carbocycles. The Bertz CT molecular complexity index is 635. The number of hydrogen-bond acceptors (Lipinski definition) is 4. The van der Waals surface area contributed by atoms with Gasteiger partial charge >= 0.3 is 6.03 Å². The minimum absolute atomic E-state index is 0.119. The van der Waals surface area contributed by atoms with Crippen LogP contribution in [0.15, 0.2) is 30.5 Å². The average molecular weight is 301 g/mol. The largest absolute Gasteiger partial charge is 0.376 e. The number of nitrogens with one attached hydrogen (secondary N) is 2. The fourth-order valence-corrected chi connectivity index (χ4v) is 2.41. The second kappa shape index (κ2) is 6.57. The van der Waals surface area contributed by atoms with Gasteiger partial charge in [0.25, 0.3) is 0 Å². The summed E-state index contributed by atoms with van der Waals surface area (Å²) < 4.78 is 7.09. The summed E-state index contributed by atoms with van der Waals surface area (Å²) in [7, 11) is 0. The van der Waals surface area contributed by atoms with Crippen molar-refractivity contribution in [2.24, 2.45) is 0 Å². The maximum absolute atomic E-state index is 12.0. The molecule has 7 heteroatoms. The fraction of sp³-hybridized carbons (Fsp3) is 0.400. The molecule has 1 aliphatic heterocycles. The number of aryl methyl sites for hydroxylation is 1. The van der Waals surface area contributed by atoms with Crippen molar-refractivity contribution in [3.05, 3.63) is 36.2 Å². The van der Waals surface area contributed by atoms with Crippen molar-refractivity contribution in [1.82, 2.24) is 20.1 Å². The summed E-state index contributed by atoms with van der Waals surface area (Å²) in [5, 5.41) is 9.99. The number of ether oxygens (including phenoxy) is 1. The van der Waals surface area contributed by atoms with Crippen LogP contribution >= 0.6 is 0 Å². The highest BCUT2D eigenvalue weighted by atomic mass is 16.5. The molecule has 0 spiro atoms. The molecule has 1 unspecified atom stereocenters. The number of rotatable bonds is 4. The molecule has 0 aromatic carbocycles. The van der Waals surface area contributed by atoms with Crippen LogP contribution in [0.5, 0.6) is 0 Å². The summed E-state index contributed by atoms with van der Waals surface area (Å²) in [5.41, 5.74) is 0.806. The normalized spacial score (nSPS) is 17.4. The van der Waals surface area contributed by atoms with Crippen LogP contribution in [-0.4, -0.2) is 40.1 Å². The van der Waals surface area contributed by atoms with Gasteiger partial charge in [-0.1, -0.05) is 6.07 Å². The molecule has 7 nitrogen and oxygen atoms in total. The lowest BCUT2D eigenvalue weighted by Gasteiger charge is -2.12. The van der Waals surface area contributed by atoms with Crippen molar-refractivity contribution in [3.63, 3.8) is 0 Å². The lowest BCUT2D eigenvalue weighted by molar-refractivity contribution is 0.112. The summed E-state index contributed by atoms with van der Waals surface area (Å²) >= 11 is 0. The molecular weight excluding hydrogens is 282 g/mol. The van der Waals surface area contributed by atoms with Crippen molar-refractivity contribution in [2.45, 2.75) is 25.9 Å². The van der Waals surface area contributed by atoms with Crippen LogP contribution in [0.25, 0.3) is 5.82 Å². The smallest absolute Gasteiger partial charge is 0.320 e. The number of amides is 2. The Hall–Kier alpha value is -2.41. The first-order valence-electron chi connectivity index (χ1n) is 7.37. The second-order valence-corrected chi connectivity index (χ2v) is 5.24. The Kier molecular flexibility index (Phi) is 4.34. The van der Waals surface area contributed by atoms with E-state index in [-0.39, 0.29) is 12.1 Å². The van der Waals surface area contributed by atoms with Gasteiger partial charge in [0.15, 0.2) is 5.82 Å². The van der Waals surface area contributed by atoms with E-state index < -0.39 is 0 Å². The van der Waals surface area contributed by atoms with E-state index in [4.69, 9.17) is 4.74 Å². The third kappa shape index (κ3) is 3.43. The van der Waals surface area contributed by atoms with Gasteiger partial charge in [-0.25, -0.2) is 9.78 Å². The van der Waals surface area contributed by atoms with Gasteiger partial charge in [-0.2, -0.15) is 9.78 Å². The quantitative estimate of drug-likeness (QED) is 0.903. The van der Waals surface area contributed by atoms with Crippen molar-refractivity contribution in [1.29, 1.82) is 0 Å². The molecule has 2 amide bonds. The van der Waals surface area contributed by atoms with Gasteiger partial charge in [0.05, 0.1) is 11.8 Å². The number of urea groups is 1. The Balaban J connectivity index is 1.65. The molecule has 0 aliphatic carbocycles. The molecule has 0 bridgehead atoms. The Labute approximate surface area is 128 Å². The van der Waals surface area contributed by atoms with Gasteiger partial charge in [0, 0.05) is 25.4 Å². The second-order valence-electron chi connectivity index (χ2n) is 5.24. The number of carbonyl (C=O) groups is 1. The van der Waals surface area contributed by atoms with Crippen molar-refractivity contribution in [3.8, 4) is 5.82 Å². The number of aromatic nitrogens is 3. The van der Waals surface area contributed by atoms with Gasteiger partial charge in [0.2, 0.25) is 0 Å². The predicted molar refractivity (Wildman–Crippen MR) is 82.1 cm³/mol. The molecule has 3 heterocycles. The van der Waals surface area contributed by atoms with Crippen LogP contribution in [0.2, 0.25) is 0 Å².